The van der Waals surface area contributed by atoms with Gasteiger partial charge in [0.1, 0.15) is 11.6 Å². The maximum Gasteiger partial charge on any atom is 0.213 e. The van der Waals surface area contributed by atoms with Crippen molar-refractivity contribution in [2.75, 3.05) is 7.05 Å². The number of aliphatic imine (C=N–C) groups is 1. The molecule has 140 valence electrons. The molecule has 0 saturated carbocycles. The zero-order valence-electron chi connectivity index (χ0n) is 15.3. The first-order valence-electron chi connectivity index (χ1n) is 7.91. The summed E-state index contributed by atoms with van der Waals surface area (Å²) in [7, 11) is 1.63. The summed E-state index contributed by atoms with van der Waals surface area (Å²) in [4.78, 5) is 8.33. The van der Waals surface area contributed by atoms with Crippen LogP contribution < -0.4 is 10.6 Å². The smallest absolute Gasteiger partial charge is 0.213 e. The van der Waals surface area contributed by atoms with Gasteiger partial charge >= 0.3 is 0 Å². The molecule has 2 N–H and O–H groups in total. The van der Waals surface area contributed by atoms with Gasteiger partial charge in [0, 0.05) is 24.6 Å². The van der Waals surface area contributed by atoms with E-state index in [2.05, 4.69) is 41.4 Å². The van der Waals surface area contributed by atoms with Gasteiger partial charge in [-0.2, -0.15) is 5.26 Å². The Bertz CT molecular complexity index is 805. The minimum absolute atomic E-state index is 0. The molecule has 0 fully saturated rings. The maximum atomic E-state index is 13.9. The van der Waals surface area contributed by atoms with E-state index < -0.39 is 5.82 Å². The number of halogens is 2. The van der Waals surface area contributed by atoms with Crippen molar-refractivity contribution in [1.82, 2.24) is 15.6 Å². The molecule has 0 bridgehead atoms. The number of nitriles is 1. The van der Waals surface area contributed by atoms with Crippen LogP contribution in [0.25, 0.3) is 0 Å². The van der Waals surface area contributed by atoms with Crippen molar-refractivity contribution in [3.05, 3.63) is 53.0 Å². The molecule has 2 aromatic rings. The molecule has 0 radical (unpaired) electrons. The third kappa shape index (κ3) is 5.98. The molecular formula is C18H23FIN5O. The predicted octanol–water partition coefficient (Wildman–Crippen LogP) is 3.47. The lowest BCUT2D eigenvalue weighted by Crippen LogP contribution is -2.36. The van der Waals surface area contributed by atoms with Crippen molar-refractivity contribution < 1.29 is 8.81 Å². The van der Waals surface area contributed by atoms with Crippen molar-refractivity contribution in [3.63, 3.8) is 0 Å². The molecule has 26 heavy (non-hydrogen) atoms. The van der Waals surface area contributed by atoms with Crippen LogP contribution in [0.1, 0.15) is 43.5 Å². The second-order valence-electron chi connectivity index (χ2n) is 6.57. The second kappa shape index (κ2) is 9.52. The van der Waals surface area contributed by atoms with Crippen LogP contribution in [0, 0.1) is 17.1 Å². The van der Waals surface area contributed by atoms with Crippen molar-refractivity contribution in [2.24, 2.45) is 4.99 Å². The van der Waals surface area contributed by atoms with Gasteiger partial charge in [-0.25, -0.2) is 9.37 Å². The number of hydrogen-bond acceptors (Lipinski definition) is 4. The molecule has 1 aromatic carbocycles. The lowest BCUT2D eigenvalue weighted by atomic mass is 9.94. The highest BCUT2D eigenvalue weighted by Crippen LogP contribution is 2.22. The van der Waals surface area contributed by atoms with Gasteiger partial charge in [0.2, 0.25) is 5.89 Å². The summed E-state index contributed by atoms with van der Waals surface area (Å²) >= 11 is 0. The van der Waals surface area contributed by atoms with E-state index in [0.717, 1.165) is 5.76 Å². The number of nitrogens with one attached hydrogen (secondary N) is 2. The highest BCUT2D eigenvalue weighted by Gasteiger charge is 2.19. The van der Waals surface area contributed by atoms with E-state index in [9.17, 15) is 4.39 Å². The Balaban J connectivity index is 0.00000338. The number of rotatable bonds is 4. The number of hydrogen-bond donors (Lipinski definition) is 2. The van der Waals surface area contributed by atoms with E-state index in [1.807, 2.05) is 6.07 Å². The van der Waals surface area contributed by atoms with Crippen molar-refractivity contribution in [1.29, 1.82) is 5.26 Å². The van der Waals surface area contributed by atoms with Crippen LogP contribution in [0.4, 0.5) is 4.39 Å². The van der Waals surface area contributed by atoms with Crippen LogP contribution in [-0.2, 0) is 18.5 Å². The summed E-state index contributed by atoms with van der Waals surface area (Å²) in [5.41, 5.74) is 0.647. The van der Waals surface area contributed by atoms with E-state index >= 15 is 0 Å². The molecule has 8 heteroatoms. The average Bonchev–Trinajstić information content (AvgIpc) is 3.05. The highest BCUT2D eigenvalue weighted by molar-refractivity contribution is 14.0. The highest BCUT2D eigenvalue weighted by atomic mass is 127. The zero-order valence-corrected chi connectivity index (χ0v) is 17.6. The summed E-state index contributed by atoms with van der Waals surface area (Å²) in [5.74, 6) is 1.44. The number of benzene rings is 1. The van der Waals surface area contributed by atoms with Gasteiger partial charge < -0.3 is 15.1 Å². The maximum absolute atomic E-state index is 13.9. The van der Waals surface area contributed by atoms with Gasteiger partial charge in [0.25, 0.3) is 0 Å². The molecule has 0 aliphatic rings. The van der Waals surface area contributed by atoms with Crippen molar-refractivity contribution in [3.8, 4) is 6.07 Å². The molecule has 2 rings (SSSR count). The van der Waals surface area contributed by atoms with Gasteiger partial charge in [0.15, 0.2) is 5.96 Å². The van der Waals surface area contributed by atoms with Gasteiger partial charge in [0.05, 0.1) is 24.4 Å². The molecule has 6 nitrogen and oxygen atoms in total. The normalized spacial score (nSPS) is 11.5. The standard InChI is InChI=1S/C18H22FN5O.HI/c1-18(2,3)15-10-22-16(25-15)11-24-17(21-4)23-9-13-6-5-12(8-20)7-14(13)19;/h5-7,10H,9,11H2,1-4H3,(H2,21,23,24);1H. The Hall–Kier alpha value is -2.15. The number of guanidine groups is 1. The average molecular weight is 471 g/mol. The first-order valence-corrected chi connectivity index (χ1v) is 7.91. The van der Waals surface area contributed by atoms with E-state index in [1.165, 1.54) is 6.07 Å². The van der Waals surface area contributed by atoms with E-state index in [4.69, 9.17) is 9.68 Å². The Morgan fingerprint density at radius 2 is 2.00 bits per heavy atom. The Morgan fingerprint density at radius 3 is 2.54 bits per heavy atom. The summed E-state index contributed by atoms with van der Waals surface area (Å²) < 4.78 is 19.6. The third-order valence-corrected chi connectivity index (χ3v) is 3.55. The summed E-state index contributed by atoms with van der Waals surface area (Å²) in [6.45, 7) is 6.77. The predicted molar refractivity (Wildman–Crippen MR) is 109 cm³/mol. The van der Waals surface area contributed by atoms with Crippen LogP contribution >= 0.6 is 24.0 Å². The SMILES string of the molecule is CN=C(NCc1ncc(C(C)(C)C)o1)NCc1ccc(C#N)cc1F.I. The second-order valence-corrected chi connectivity index (χ2v) is 6.57. The molecule has 0 saturated heterocycles. The van der Waals surface area contributed by atoms with Gasteiger partial charge in [-0.05, 0) is 12.1 Å². The van der Waals surface area contributed by atoms with Crippen LogP contribution in [0.3, 0.4) is 0 Å². The van der Waals surface area contributed by atoms with Crippen LogP contribution in [-0.4, -0.2) is 18.0 Å². The van der Waals surface area contributed by atoms with Crippen molar-refractivity contribution in [2.45, 2.75) is 39.3 Å². The fourth-order valence-electron chi connectivity index (χ4n) is 2.06. The van der Waals surface area contributed by atoms with Gasteiger partial charge in [-0.1, -0.05) is 26.8 Å². The zero-order chi connectivity index (χ0) is 18.4. The first-order chi connectivity index (χ1) is 11.8. The molecule has 0 spiro atoms. The van der Waals surface area contributed by atoms with E-state index in [0.29, 0.717) is 29.5 Å². The van der Waals surface area contributed by atoms with Crippen LogP contribution in [0.2, 0.25) is 0 Å². The molecule has 0 aliphatic heterocycles. The minimum atomic E-state index is -0.426. The topological polar surface area (TPSA) is 86.2 Å². The number of oxazole rings is 1. The summed E-state index contributed by atoms with van der Waals surface area (Å²) in [6, 6.07) is 6.29. The Kier molecular flexibility index (Phi) is 8.02. The Labute approximate surface area is 169 Å². The molecule has 0 unspecified atom stereocenters. The van der Waals surface area contributed by atoms with Crippen LogP contribution in [0.5, 0.6) is 0 Å². The molecule has 1 heterocycles. The van der Waals surface area contributed by atoms with E-state index in [-0.39, 0.29) is 35.9 Å². The molecule has 0 aliphatic carbocycles. The molecule has 0 amide bonds. The first kappa shape index (κ1) is 21.9. The summed E-state index contributed by atoms with van der Waals surface area (Å²) in [6.07, 6.45) is 1.72. The fraction of sp³-hybridized carbons (Fsp3) is 0.389. The van der Waals surface area contributed by atoms with Gasteiger partial charge in [-0.15, -0.1) is 24.0 Å². The molecular weight excluding hydrogens is 448 g/mol. The third-order valence-electron chi connectivity index (χ3n) is 3.55. The quantitative estimate of drug-likeness (QED) is 0.405. The lowest BCUT2D eigenvalue weighted by Gasteiger charge is -2.13. The lowest BCUT2D eigenvalue weighted by molar-refractivity contribution is 0.379. The summed E-state index contributed by atoms with van der Waals surface area (Å²) in [5, 5.41) is 14.9. The molecule has 1 aromatic heterocycles. The molecule has 0 atom stereocenters. The van der Waals surface area contributed by atoms with E-state index in [1.54, 1.807) is 25.4 Å². The fourth-order valence-corrected chi connectivity index (χ4v) is 2.06. The van der Waals surface area contributed by atoms with Crippen LogP contribution in [0.15, 0.2) is 33.8 Å². The van der Waals surface area contributed by atoms with Crippen molar-refractivity contribution >= 4 is 29.9 Å². The monoisotopic (exact) mass is 471 g/mol. The minimum Gasteiger partial charge on any atom is -0.443 e. The number of nitrogens with zero attached hydrogens (tertiary/aromatic N) is 3. The number of aromatic nitrogens is 1. The largest absolute Gasteiger partial charge is 0.443 e. The Morgan fingerprint density at radius 1 is 1.31 bits per heavy atom. The van der Waals surface area contributed by atoms with Gasteiger partial charge in [-0.3, -0.25) is 4.99 Å².